The second-order valence-electron chi connectivity index (χ2n) is 3.03. The smallest absolute Gasteiger partial charge is 0.120 e. The van der Waals surface area contributed by atoms with Crippen molar-refractivity contribution in [3.05, 3.63) is 29.8 Å². The van der Waals surface area contributed by atoms with Crippen LogP contribution in [0.5, 0.6) is 0 Å². The average molecular weight is 210 g/mol. The maximum atomic E-state index is 10.0. The van der Waals surface area contributed by atoms with Crippen LogP contribution in [0, 0.1) is 6.92 Å². The summed E-state index contributed by atoms with van der Waals surface area (Å²) in [7, 11) is 0. The van der Waals surface area contributed by atoms with Crippen LogP contribution in [0.15, 0.2) is 29.2 Å². The summed E-state index contributed by atoms with van der Waals surface area (Å²) < 4.78 is 5.32. The molecule has 76 valence electrons. The quantitative estimate of drug-likeness (QED) is 0.410. The van der Waals surface area contributed by atoms with Gasteiger partial charge >= 0.3 is 0 Å². The summed E-state index contributed by atoms with van der Waals surface area (Å²) in [6.07, 6.45) is 2.29. The minimum atomic E-state index is 0.578. The molecule has 0 radical (unpaired) electrons. The lowest BCUT2D eigenvalue weighted by atomic mass is 10.2. The van der Waals surface area contributed by atoms with Gasteiger partial charge in [0.1, 0.15) is 6.29 Å². The molecule has 0 unspecified atom stereocenters. The Bertz CT molecular complexity index is 269. The van der Waals surface area contributed by atoms with Crippen LogP contribution in [0.25, 0.3) is 0 Å². The summed E-state index contributed by atoms with van der Waals surface area (Å²) >= 11 is 1.36. The van der Waals surface area contributed by atoms with Crippen molar-refractivity contribution in [1.82, 2.24) is 0 Å². The third-order valence-electron chi connectivity index (χ3n) is 1.73. The van der Waals surface area contributed by atoms with E-state index in [1.807, 2.05) is 12.1 Å². The zero-order chi connectivity index (χ0) is 10.2. The Morgan fingerprint density at radius 3 is 2.71 bits per heavy atom. The van der Waals surface area contributed by atoms with Gasteiger partial charge in [0.25, 0.3) is 0 Å². The number of rotatable bonds is 6. The van der Waals surface area contributed by atoms with Crippen LogP contribution in [0.3, 0.4) is 0 Å². The maximum Gasteiger partial charge on any atom is 0.120 e. The van der Waals surface area contributed by atoms with Crippen LogP contribution in [-0.2, 0) is 8.98 Å². The molecular weight excluding hydrogens is 196 g/mol. The first-order valence-corrected chi connectivity index (χ1v) is 5.37. The van der Waals surface area contributed by atoms with Gasteiger partial charge in [-0.05, 0) is 25.5 Å². The fraction of sp³-hybridized carbons (Fsp3) is 0.364. The second kappa shape index (κ2) is 6.62. The molecule has 0 saturated heterocycles. The molecule has 0 bridgehead atoms. The molecule has 0 aromatic heterocycles. The van der Waals surface area contributed by atoms with Gasteiger partial charge in [-0.25, -0.2) is 0 Å². The van der Waals surface area contributed by atoms with Crippen LogP contribution in [0.2, 0.25) is 0 Å². The van der Waals surface area contributed by atoms with Crippen molar-refractivity contribution in [2.75, 3.05) is 6.61 Å². The molecule has 0 amide bonds. The maximum absolute atomic E-state index is 10.0. The van der Waals surface area contributed by atoms with Crippen molar-refractivity contribution in [1.29, 1.82) is 0 Å². The third kappa shape index (κ3) is 4.44. The fourth-order valence-corrected chi connectivity index (χ4v) is 1.51. The van der Waals surface area contributed by atoms with Gasteiger partial charge in [0.15, 0.2) is 0 Å². The molecule has 0 aliphatic carbocycles. The van der Waals surface area contributed by atoms with Crippen LogP contribution < -0.4 is 0 Å². The molecule has 3 heteroatoms. The highest BCUT2D eigenvalue weighted by molar-refractivity contribution is 7.94. The van der Waals surface area contributed by atoms with Crippen LogP contribution in [0.1, 0.15) is 18.4 Å². The summed E-state index contributed by atoms with van der Waals surface area (Å²) in [6.45, 7) is 2.68. The number of unbranched alkanes of at least 4 members (excludes halogenated alkanes) is 1. The summed E-state index contributed by atoms with van der Waals surface area (Å²) in [4.78, 5) is 11.1. The molecule has 0 fully saturated rings. The van der Waals surface area contributed by atoms with Gasteiger partial charge in [-0.3, -0.25) is 0 Å². The Balaban J connectivity index is 2.18. The molecule has 0 aliphatic heterocycles. The van der Waals surface area contributed by atoms with E-state index in [0.29, 0.717) is 13.0 Å². The van der Waals surface area contributed by atoms with Crippen molar-refractivity contribution in [3.8, 4) is 0 Å². The van der Waals surface area contributed by atoms with Crippen LogP contribution >= 0.6 is 12.0 Å². The van der Waals surface area contributed by atoms with E-state index in [4.69, 9.17) is 4.18 Å². The van der Waals surface area contributed by atoms with E-state index in [1.54, 1.807) is 0 Å². The van der Waals surface area contributed by atoms with E-state index in [0.717, 1.165) is 17.6 Å². The Kier molecular flexibility index (Phi) is 5.33. The first kappa shape index (κ1) is 11.3. The normalized spacial score (nSPS) is 10.1. The summed E-state index contributed by atoms with van der Waals surface area (Å²) in [5.74, 6) is 0. The lowest BCUT2D eigenvalue weighted by Gasteiger charge is -2.01. The molecule has 0 atom stereocenters. The Labute approximate surface area is 88.9 Å². The zero-order valence-corrected chi connectivity index (χ0v) is 9.05. The highest BCUT2D eigenvalue weighted by atomic mass is 32.2. The van der Waals surface area contributed by atoms with Gasteiger partial charge in [-0.1, -0.05) is 17.7 Å². The standard InChI is InChI=1S/C11H14O2S/c1-10-4-6-11(7-5-10)14-13-9-3-2-8-12/h4-8H,2-3,9H2,1H3. The number of aryl methyl sites for hydroxylation is 1. The lowest BCUT2D eigenvalue weighted by Crippen LogP contribution is -1.87. The molecule has 0 heterocycles. The molecule has 0 N–H and O–H groups in total. The predicted octanol–water partition coefficient (Wildman–Crippen LogP) is 3.00. The van der Waals surface area contributed by atoms with Crippen LogP contribution in [-0.4, -0.2) is 12.9 Å². The van der Waals surface area contributed by atoms with Crippen molar-refractivity contribution < 1.29 is 8.98 Å². The zero-order valence-electron chi connectivity index (χ0n) is 8.23. The number of hydrogen-bond donors (Lipinski definition) is 0. The Hall–Kier alpha value is -0.800. The molecular formula is C11H14O2S. The van der Waals surface area contributed by atoms with Gasteiger partial charge < -0.3 is 8.98 Å². The van der Waals surface area contributed by atoms with Crippen molar-refractivity contribution in [2.45, 2.75) is 24.7 Å². The van der Waals surface area contributed by atoms with E-state index in [2.05, 4.69) is 19.1 Å². The van der Waals surface area contributed by atoms with E-state index < -0.39 is 0 Å². The van der Waals surface area contributed by atoms with E-state index in [-0.39, 0.29) is 0 Å². The molecule has 1 aromatic rings. The molecule has 0 saturated carbocycles. The van der Waals surface area contributed by atoms with Crippen molar-refractivity contribution in [2.24, 2.45) is 0 Å². The van der Waals surface area contributed by atoms with Crippen LogP contribution in [0.4, 0.5) is 0 Å². The topological polar surface area (TPSA) is 26.3 Å². The highest BCUT2D eigenvalue weighted by Gasteiger charge is 1.94. The number of carbonyl (C=O) groups excluding carboxylic acids is 1. The third-order valence-corrected chi connectivity index (χ3v) is 2.47. The first-order chi connectivity index (χ1) is 6.83. The minimum absolute atomic E-state index is 0.578. The second-order valence-corrected chi connectivity index (χ2v) is 3.90. The van der Waals surface area contributed by atoms with Gasteiger partial charge in [0, 0.05) is 23.4 Å². The lowest BCUT2D eigenvalue weighted by molar-refractivity contribution is -0.108. The van der Waals surface area contributed by atoms with Crippen molar-refractivity contribution in [3.63, 3.8) is 0 Å². The van der Waals surface area contributed by atoms with Gasteiger partial charge in [-0.2, -0.15) is 0 Å². The summed E-state index contributed by atoms with van der Waals surface area (Å²) in [5, 5.41) is 0. The number of hydrogen-bond acceptors (Lipinski definition) is 3. The number of benzene rings is 1. The Morgan fingerprint density at radius 2 is 2.07 bits per heavy atom. The minimum Gasteiger partial charge on any atom is -0.310 e. The monoisotopic (exact) mass is 210 g/mol. The van der Waals surface area contributed by atoms with Gasteiger partial charge in [0.05, 0.1) is 6.61 Å². The van der Waals surface area contributed by atoms with Gasteiger partial charge in [-0.15, -0.1) is 0 Å². The van der Waals surface area contributed by atoms with E-state index >= 15 is 0 Å². The first-order valence-electron chi connectivity index (χ1n) is 4.62. The number of aldehydes is 1. The number of carbonyl (C=O) groups is 1. The average Bonchev–Trinajstić information content (AvgIpc) is 2.21. The molecule has 0 aliphatic rings. The fourth-order valence-electron chi connectivity index (χ4n) is 0.929. The predicted molar refractivity (Wildman–Crippen MR) is 58.3 cm³/mol. The summed E-state index contributed by atoms with van der Waals surface area (Å²) in [5.41, 5.74) is 1.25. The summed E-state index contributed by atoms with van der Waals surface area (Å²) in [6, 6.07) is 8.16. The van der Waals surface area contributed by atoms with E-state index in [1.165, 1.54) is 17.6 Å². The van der Waals surface area contributed by atoms with Gasteiger partial charge in [0.2, 0.25) is 0 Å². The molecule has 2 nitrogen and oxygen atoms in total. The molecule has 1 aromatic carbocycles. The highest BCUT2D eigenvalue weighted by Crippen LogP contribution is 2.19. The molecule has 14 heavy (non-hydrogen) atoms. The SMILES string of the molecule is Cc1ccc(SOCCCC=O)cc1. The largest absolute Gasteiger partial charge is 0.310 e. The molecule has 1 rings (SSSR count). The molecule has 0 spiro atoms. The Morgan fingerprint density at radius 1 is 1.36 bits per heavy atom. The van der Waals surface area contributed by atoms with E-state index in [9.17, 15) is 4.79 Å². The van der Waals surface area contributed by atoms with Crippen molar-refractivity contribution >= 4 is 18.3 Å².